The summed E-state index contributed by atoms with van der Waals surface area (Å²) in [5.74, 6) is 1.88. The number of nitrogens with zero attached hydrogens (tertiary/aromatic N) is 1. The quantitative estimate of drug-likeness (QED) is 0.736. The van der Waals surface area contributed by atoms with E-state index in [-0.39, 0.29) is 0 Å². The zero-order valence-electron chi connectivity index (χ0n) is 14.7. The lowest BCUT2D eigenvalue weighted by Gasteiger charge is -2.25. The van der Waals surface area contributed by atoms with Crippen LogP contribution in [0.25, 0.3) is 11.3 Å². The maximum Gasteiger partial charge on any atom is 0.134 e. The van der Waals surface area contributed by atoms with Crippen LogP contribution in [-0.2, 0) is 16.0 Å². The first kappa shape index (κ1) is 17.2. The molecular formula is C20H27NO3. The van der Waals surface area contributed by atoms with Crippen molar-refractivity contribution < 1.29 is 13.9 Å². The van der Waals surface area contributed by atoms with Gasteiger partial charge in [-0.3, -0.25) is 4.90 Å². The van der Waals surface area contributed by atoms with Gasteiger partial charge in [-0.2, -0.15) is 0 Å². The molecule has 1 aliphatic rings. The molecule has 0 amide bonds. The number of aryl methyl sites for hydroxylation is 1. The van der Waals surface area contributed by atoms with E-state index in [0.717, 1.165) is 50.8 Å². The highest BCUT2D eigenvalue weighted by Gasteiger charge is 2.20. The van der Waals surface area contributed by atoms with Crippen molar-refractivity contribution in [3.05, 3.63) is 47.7 Å². The Morgan fingerprint density at radius 2 is 2.08 bits per heavy atom. The normalized spacial score (nSPS) is 17.7. The molecule has 1 atom stereocenters. The van der Waals surface area contributed by atoms with E-state index in [9.17, 15) is 0 Å². The average molecular weight is 329 g/mol. The summed E-state index contributed by atoms with van der Waals surface area (Å²) in [6, 6.07) is 12.5. The van der Waals surface area contributed by atoms with Crippen LogP contribution in [0.5, 0.6) is 0 Å². The van der Waals surface area contributed by atoms with Crippen LogP contribution in [0.4, 0.5) is 0 Å². The van der Waals surface area contributed by atoms with Gasteiger partial charge >= 0.3 is 0 Å². The van der Waals surface area contributed by atoms with Crippen molar-refractivity contribution in [2.24, 2.45) is 0 Å². The Kier molecular flexibility index (Phi) is 6.07. The maximum absolute atomic E-state index is 5.84. The Labute approximate surface area is 144 Å². The Bertz CT molecular complexity index is 631. The fourth-order valence-corrected chi connectivity index (χ4v) is 3.25. The van der Waals surface area contributed by atoms with Gasteiger partial charge in [-0.15, -0.1) is 0 Å². The van der Waals surface area contributed by atoms with Crippen LogP contribution in [0.1, 0.15) is 24.2 Å². The summed E-state index contributed by atoms with van der Waals surface area (Å²) in [7, 11) is 1.75. The van der Waals surface area contributed by atoms with Crippen LogP contribution in [0.15, 0.2) is 40.8 Å². The molecule has 4 nitrogen and oxygen atoms in total. The Morgan fingerprint density at radius 3 is 2.79 bits per heavy atom. The third-order valence-corrected chi connectivity index (χ3v) is 4.51. The van der Waals surface area contributed by atoms with Gasteiger partial charge in [0.1, 0.15) is 11.5 Å². The molecule has 1 aromatic carbocycles. The molecule has 0 spiro atoms. The number of hydrogen-bond acceptors (Lipinski definition) is 4. The number of furan rings is 1. The first-order valence-electron chi connectivity index (χ1n) is 8.74. The summed E-state index contributed by atoms with van der Waals surface area (Å²) in [5, 5.41) is 0. The van der Waals surface area contributed by atoms with Crippen molar-refractivity contribution in [1.29, 1.82) is 0 Å². The summed E-state index contributed by atoms with van der Waals surface area (Å²) < 4.78 is 16.9. The smallest absolute Gasteiger partial charge is 0.134 e. The van der Waals surface area contributed by atoms with Crippen molar-refractivity contribution in [3.8, 4) is 11.3 Å². The van der Waals surface area contributed by atoms with E-state index >= 15 is 0 Å². The molecule has 0 bridgehead atoms. The van der Waals surface area contributed by atoms with Crippen molar-refractivity contribution in [2.45, 2.75) is 32.4 Å². The molecule has 3 rings (SSSR count). The van der Waals surface area contributed by atoms with Crippen LogP contribution >= 0.6 is 0 Å². The molecular weight excluding hydrogens is 302 g/mol. The highest BCUT2D eigenvalue weighted by Crippen LogP contribution is 2.27. The van der Waals surface area contributed by atoms with Gasteiger partial charge in [0.05, 0.1) is 12.7 Å². The second-order valence-electron chi connectivity index (χ2n) is 6.43. The molecule has 2 heterocycles. The van der Waals surface area contributed by atoms with Crippen LogP contribution in [0.2, 0.25) is 0 Å². The fraction of sp³-hybridized carbons (Fsp3) is 0.500. The van der Waals surface area contributed by atoms with E-state index in [4.69, 9.17) is 13.9 Å². The molecule has 2 aromatic rings. The van der Waals surface area contributed by atoms with Crippen LogP contribution in [-0.4, -0.2) is 44.4 Å². The molecule has 1 aliphatic heterocycles. The lowest BCUT2D eigenvalue weighted by molar-refractivity contribution is 0.0588. The van der Waals surface area contributed by atoms with Crippen molar-refractivity contribution in [3.63, 3.8) is 0 Å². The van der Waals surface area contributed by atoms with Crippen LogP contribution in [0, 0.1) is 6.92 Å². The molecule has 130 valence electrons. The minimum Gasteiger partial charge on any atom is -0.461 e. The number of ether oxygens (including phenoxy) is 2. The van der Waals surface area contributed by atoms with E-state index in [1.54, 1.807) is 7.11 Å². The largest absolute Gasteiger partial charge is 0.461 e. The van der Waals surface area contributed by atoms with E-state index < -0.39 is 0 Å². The van der Waals surface area contributed by atoms with Gasteiger partial charge in [0.15, 0.2) is 0 Å². The molecule has 0 aliphatic carbocycles. The molecule has 0 N–H and O–H groups in total. The number of benzene rings is 1. The first-order valence-corrected chi connectivity index (χ1v) is 8.74. The summed E-state index contributed by atoms with van der Waals surface area (Å²) >= 11 is 0. The van der Waals surface area contributed by atoms with Gasteiger partial charge in [-0.25, -0.2) is 0 Å². The molecule has 24 heavy (non-hydrogen) atoms. The minimum atomic E-state index is 0.347. The maximum atomic E-state index is 5.84. The third kappa shape index (κ3) is 4.47. The Hall–Kier alpha value is -1.62. The summed E-state index contributed by atoms with van der Waals surface area (Å²) in [5.41, 5.74) is 2.45. The molecule has 1 aromatic heterocycles. The molecule has 1 unspecified atom stereocenters. The molecule has 0 radical (unpaired) electrons. The van der Waals surface area contributed by atoms with Gasteiger partial charge in [0.2, 0.25) is 0 Å². The zero-order valence-corrected chi connectivity index (χ0v) is 14.7. The standard InChI is InChI=1S/C20H27NO3/c1-16-9-10-20(24-16)19-8-4-3-6-17(19)14-21(11-13-22-2)15-18-7-5-12-23-18/h3-4,6,8-10,18H,5,7,11-15H2,1-2H3. The van der Waals surface area contributed by atoms with Crippen molar-refractivity contribution in [2.75, 3.05) is 33.4 Å². The lowest BCUT2D eigenvalue weighted by Crippen LogP contribution is -2.34. The summed E-state index contributed by atoms with van der Waals surface area (Å²) in [4.78, 5) is 2.42. The highest BCUT2D eigenvalue weighted by molar-refractivity contribution is 5.62. The predicted molar refractivity (Wildman–Crippen MR) is 95.0 cm³/mol. The SMILES string of the molecule is COCCN(Cc1ccccc1-c1ccc(C)o1)CC1CCCO1. The average Bonchev–Trinajstić information content (AvgIpc) is 3.25. The molecule has 4 heteroatoms. The van der Waals surface area contributed by atoms with Gasteiger partial charge in [0.25, 0.3) is 0 Å². The predicted octanol–water partition coefficient (Wildman–Crippen LogP) is 3.88. The number of hydrogen-bond donors (Lipinski definition) is 0. The van der Waals surface area contributed by atoms with Gasteiger partial charge < -0.3 is 13.9 Å². The lowest BCUT2D eigenvalue weighted by atomic mass is 10.0. The number of methoxy groups -OCH3 is 1. The van der Waals surface area contributed by atoms with Crippen LogP contribution < -0.4 is 0 Å². The fourth-order valence-electron chi connectivity index (χ4n) is 3.25. The first-order chi connectivity index (χ1) is 11.8. The van der Waals surface area contributed by atoms with Crippen LogP contribution in [0.3, 0.4) is 0 Å². The van der Waals surface area contributed by atoms with E-state index in [1.165, 1.54) is 17.5 Å². The second kappa shape index (κ2) is 8.47. The van der Waals surface area contributed by atoms with E-state index in [2.05, 4.69) is 29.2 Å². The van der Waals surface area contributed by atoms with Gasteiger partial charge in [-0.05, 0) is 37.5 Å². The summed E-state index contributed by atoms with van der Waals surface area (Å²) in [6.45, 7) is 6.34. The third-order valence-electron chi connectivity index (χ3n) is 4.51. The highest BCUT2D eigenvalue weighted by atomic mass is 16.5. The van der Waals surface area contributed by atoms with E-state index in [0.29, 0.717) is 6.10 Å². The number of rotatable bonds is 8. The van der Waals surface area contributed by atoms with Gasteiger partial charge in [-0.1, -0.05) is 24.3 Å². The molecule has 0 saturated carbocycles. The molecule has 1 saturated heterocycles. The zero-order chi connectivity index (χ0) is 16.8. The second-order valence-corrected chi connectivity index (χ2v) is 6.43. The summed E-state index contributed by atoms with van der Waals surface area (Å²) in [6.07, 6.45) is 2.67. The monoisotopic (exact) mass is 329 g/mol. The van der Waals surface area contributed by atoms with Crippen molar-refractivity contribution in [1.82, 2.24) is 4.90 Å². The van der Waals surface area contributed by atoms with E-state index in [1.807, 2.05) is 19.1 Å². The topological polar surface area (TPSA) is 34.8 Å². The van der Waals surface area contributed by atoms with Gasteiger partial charge in [0, 0.05) is 38.9 Å². The Balaban J connectivity index is 1.75. The van der Waals surface area contributed by atoms with Crippen molar-refractivity contribution >= 4 is 0 Å². The minimum absolute atomic E-state index is 0.347. The Morgan fingerprint density at radius 1 is 1.21 bits per heavy atom. The molecule has 1 fully saturated rings.